The van der Waals surface area contributed by atoms with E-state index in [1.165, 1.54) is 0 Å². The Hall–Kier alpha value is -3.14. The summed E-state index contributed by atoms with van der Waals surface area (Å²) in [7, 11) is 1.97. The van der Waals surface area contributed by atoms with E-state index < -0.39 is 16.5 Å². The Balaban J connectivity index is 1.71. The number of H-pyrrole nitrogens is 2. The third kappa shape index (κ3) is 3.85. The van der Waals surface area contributed by atoms with Crippen molar-refractivity contribution in [2.24, 2.45) is 12.1 Å². The first-order valence-corrected chi connectivity index (χ1v) is 8.99. The number of carbonyl (C=O) groups is 1. The molecule has 0 saturated carbocycles. The molecule has 2 heterocycles. The van der Waals surface area contributed by atoms with Gasteiger partial charge >= 0.3 is 5.69 Å². The maximum atomic E-state index is 12.2. The van der Waals surface area contributed by atoms with E-state index in [0.717, 1.165) is 33.9 Å². The largest absolute Gasteiger partial charge is 0.347 e. The zero-order chi connectivity index (χ0) is 19.6. The topological polar surface area (TPSA) is 125 Å². The van der Waals surface area contributed by atoms with Crippen LogP contribution in [0.5, 0.6) is 0 Å². The lowest BCUT2D eigenvalue weighted by Gasteiger charge is -2.07. The lowest BCUT2D eigenvalue weighted by atomic mass is 10.1. The van der Waals surface area contributed by atoms with E-state index in [1.54, 1.807) is 13.1 Å². The number of nitrogens with one attached hydrogen (secondary N) is 3. The first-order chi connectivity index (χ1) is 12.9. The van der Waals surface area contributed by atoms with Gasteiger partial charge in [0.1, 0.15) is 0 Å². The highest BCUT2D eigenvalue weighted by atomic mass is 32.2. The number of rotatable bonds is 5. The highest BCUT2D eigenvalue weighted by Crippen LogP contribution is 2.23. The Kier molecular flexibility index (Phi) is 5.26. The van der Waals surface area contributed by atoms with Crippen molar-refractivity contribution in [2.75, 3.05) is 0 Å². The fraction of sp³-hybridized carbons (Fsp3) is 0.235. The molecule has 0 bridgehead atoms. The van der Waals surface area contributed by atoms with E-state index in [-0.39, 0.29) is 10.9 Å². The number of hydrogen-bond donors (Lipinski definition) is 3. The molecule has 3 N–H and O–H groups in total. The van der Waals surface area contributed by atoms with Crippen LogP contribution in [-0.2, 0) is 11.8 Å². The van der Waals surface area contributed by atoms with Crippen LogP contribution in [-0.4, -0.2) is 37.1 Å². The number of benzene rings is 1. The molecule has 27 heavy (non-hydrogen) atoms. The summed E-state index contributed by atoms with van der Waals surface area (Å²) in [6.07, 6.45) is 1.61. The van der Waals surface area contributed by atoms with Crippen LogP contribution in [0.4, 0.5) is 0 Å². The van der Waals surface area contributed by atoms with E-state index in [4.69, 9.17) is 0 Å². The average Bonchev–Trinajstić information content (AvgIpc) is 2.89. The minimum absolute atomic E-state index is 0.00567. The summed E-state index contributed by atoms with van der Waals surface area (Å²) < 4.78 is 2.06. The van der Waals surface area contributed by atoms with E-state index >= 15 is 0 Å². The summed E-state index contributed by atoms with van der Waals surface area (Å²) in [6.45, 7) is 3.60. The number of carbonyl (C=O) groups excluding carboxylic acids is 1. The predicted molar refractivity (Wildman–Crippen MR) is 104 cm³/mol. The number of nitrogens with zero attached hydrogens (tertiary/aromatic N) is 3. The van der Waals surface area contributed by atoms with Crippen LogP contribution in [0.2, 0.25) is 0 Å². The molecule has 0 aliphatic carbocycles. The van der Waals surface area contributed by atoms with Gasteiger partial charge in [-0.15, -0.1) is 0 Å². The summed E-state index contributed by atoms with van der Waals surface area (Å²) >= 11 is 0.928. The van der Waals surface area contributed by atoms with Crippen LogP contribution in [0.25, 0.3) is 10.9 Å². The molecule has 1 aromatic carbocycles. The summed E-state index contributed by atoms with van der Waals surface area (Å²) in [5, 5.41) is 10.2. The molecular weight excluding hydrogens is 368 g/mol. The maximum Gasteiger partial charge on any atom is 0.342 e. The fourth-order valence-corrected chi connectivity index (χ4v) is 3.35. The summed E-state index contributed by atoms with van der Waals surface area (Å²) in [5.74, 6) is -0.387. The second-order valence-corrected chi connectivity index (χ2v) is 7.21. The molecule has 3 rings (SSSR count). The molecule has 9 nitrogen and oxygen atoms in total. The van der Waals surface area contributed by atoms with Crippen LogP contribution < -0.4 is 16.7 Å². The lowest BCUT2D eigenvalue weighted by Crippen LogP contribution is -2.30. The maximum absolute atomic E-state index is 12.2. The van der Waals surface area contributed by atoms with E-state index in [9.17, 15) is 14.4 Å². The number of aryl methyl sites for hydroxylation is 1. The van der Waals surface area contributed by atoms with Crippen molar-refractivity contribution >= 4 is 34.8 Å². The van der Waals surface area contributed by atoms with Gasteiger partial charge in [0.2, 0.25) is 0 Å². The minimum Gasteiger partial charge on any atom is -0.347 e. The molecule has 0 fully saturated rings. The van der Waals surface area contributed by atoms with Crippen molar-refractivity contribution in [1.29, 1.82) is 0 Å². The van der Waals surface area contributed by atoms with E-state index in [1.807, 2.05) is 38.2 Å². The second kappa shape index (κ2) is 7.62. The van der Waals surface area contributed by atoms with Crippen molar-refractivity contribution in [3.05, 3.63) is 56.4 Å². The molecule has 0 radical (unpaired) electrons. The van der Waals surface area contributed by atoms with Crippen LogP contribution in [0.3, 0.4) is 0 Å². The Morgan fingerprint density at radius 3 is 2.85 bits per heavy atom. The summed E-state index contributed by atoms with van der Waals surface area (Å²) in [6, 6.07) is 7.94. The molecule has 3 aromatic rings. The van der Waals surface area contributed by atoms with Gasteiger partial charge in [-0.2, -0.15) is 10.2 Å². The SMILES string of the molecule is Cc1c(/C=N/NC(=O)C(C)Sc2n[nH]c(=O)[nH]c2=O)c2ccccc2n1C. The highest BCUT2D eigenvalue weighted by Gasteiger charge is 2.17. The zero-order valence-electron chi connectivity index (χ0n) is 14.9. The molecule has 1 unspecified atom stereocenters. The molecule has 0 saturated heterocycles. The summed E-state index contributed by atoms with van der Waals surface area (Å²) in [4.78, 5) is 36.9. The van der Waals surface area contributed by atoms with Gasteiger partial charge in [0.05, 0.1) is 11.5 Å². The molecule has 10 heteroatoms. The van der Waals surface area contributed by atoms with Gasteiger partial charge in [-0.05, 0) is 19.9 Å². The predicted octanol–water partition coefficient (Wildman–Crippen LogP) is 0.889. The monoisotopic (exact) mass is 386 g/mol. The molecule has 1 atom stereocenters. The van der Waals surface area contributed by atoms with E-state index in [2.05, 4.69) is 30.3 Å². The minimum atomic E-state index is -0.698. The third-order valence-corrected chi connectivity index (χ3v) is 5.22. The van der Waals surface area contributed by atoms with Gasteiger partial charge in [0.25, 0.3) is 11.5 Å². The van der Waals surface area contributed by atoms with Gasteiger partial charge in [-0.3, -0.25) is 14.6 Å². The fourth-order valence-electron chi connectivity index (χ4n) is 2.60. The average molecular weight is 386 g/mol. The van der Waals surface area contributed by atoms with Crippen LogP contribution >= 0.6 is 11.8 Å². The van der Waals surface area contributed by atoms with Gasteiger partial charge in [0, 0.05) is 29.2 Å². The molecule has 2 aromatic heterocycles. The number of thioether (sulfide) groups is 1. The number of amides is 1. The Morgan fingerprint density at radius 2 is 2.11 bits per heavy atom. The molecule has 0 spiro atoms. The van der Waals surface area contributed by atoms with Gasteiger partial charge in [-0.1, -0.05) is 30.0 Å². The van der Waals surface area contributed by atoms with Crippen molar-refractivity contribution in [1.82, 2.24) is 25.2 Å². The lowest BCUT2D eigenvalue weighted by molar-refractivity contribution is -0.120. The quantitative estimate of drug-likeness (QED) is 0.341. The Morgan fingerprint density at radius 1 is 1.37 bits per heavy atom. The number of aromatic nitrogens is 4. The van der Waals surface area contributed by atoms with Gasteiger partial charge in [-0.25, -0.2) is 15.3 Å². The van der Waals surface area contributed by atoms with Gasteiger partial charge < -0.3 is 4.57 Å². The molecule has 140 valence electrons. The number of fused-ring (bicyclic) bond motifs is 1. The van der Waals surface area contributed by atoms with Crippen molar-refractivity contribution in [2.45, 2.75) is 24.1 Å². The van der Waals surface area contributed by atoms with Crippen LogP contribution in [0.1, 0.15) is 18.2 Å². The van der Waals surface area contributed by atoms with Crippen LogP contribution in [0, 0.1) is 6.92 Å². The van der Waals surface area contributed by atoms with Crippen LogP contribution in [0.15, 0.2) is 44.0 Å². The van der Waals surface area contributed by atoms with Gasteiger partial charge in [0.15, 0.2) is 5.03 Å². The standard InChI is InChI=1S/C17H18N6O3S/c1-9-12(11-6-4-5-7-13(11)23(9)3)8-18-20-14(24)10(2)27-16-15(25)19-17(26)22-21-16/h4-8,10H,1-3H3,(H,20,24)(H2,19,22,25,26)/b18-8+. The number of para-hydroxylation sites is 1. The van der Waals surface area contributed by atoms with Crippen molar-refractivity contribution < 1.29 is 4.79 Å². The number of hydrogen-bond acceptors (Lipinski definition) is 6. The highest BCUT2D eigenvalue weighted by molar-refractivity contribution is 8.00. The zero-order valence-corrected chi connectivity index (χ0v) is 15.8. The first kappa shape index (κ1) is 18.6. The number of hydrazone groups is 1. The Labute approximate surface area is 157 Å². The molecule has 0 aliphatic rings. The molecule has 1 amide bonds. The summed E-state index contributed by atoms with van der Waals surface area (Å²) in [5.41, 5.74) is 4.16. The number of aromatic amines is 2. The normalized spacial score (nSPS) is 12.6. The van der Waals surface area contributed by atoms with Crippen molar-refractivity contribution in [3.8, 4) is 0 Å². The second-order valence-electron chi connectivity index (χ2n) is 5.88. The Bertz CT molecular complexity index is 1140. The third-order valence-electron chi connectivity index (χ3n) is 4.15. The van der Waals surface area contributed by atoms with E-state index in [0.29, 0.717) is 0 Å². The van der Waals surface area contributed by atoms with Crippen molar-refractivity contribution in [3.63, 3.8) is 0 Å². The first-order valence-electron chi connectivity index (χ1n) is 8.11. The molecule has 0 aliphatic heterocycles. The molecular formula is C17H18N6O3S. The smallest absolute Gasteiger partial charge is 0.342 e.